The second-order valence-electron chi connectivity index (χ2n) is 3.25. The number of aryl methyl sites for hydroxylation is 1. The summed E-state index contributed by atoms with van der Waals surface area (Å²) >= 11 is 0. The van der Waals surface area contributed by atoms with Crippen LogP contribution in [0.3, 0.4) is 0 Å². The van der Waals surface area contributed by atoms with Gasteiger partial charge >= 0.3 is 5.97 Å². The predicted molar refractivity (Wildman–Crippen MR) is 58.5 cm³/mol. The zero-order valence-corrected chi connectivity index (χ0v) is 9.16. The van der Waals surface area contributed by atoms with E-state index in [9.17, 15) is 9.18 Å². The molecule has 0 saturated carbocycles. The number of phenolic OH excluding ortho intramolecular Hbond substituents is 1. The highest BCUT2D eigenvalue weighted by Gasteiger charge is 2.04. The number of hydrogen-bond donors (Lipinski definition) is 1. The normalized spacial score (nSPS) is 10.7. The fourth-order valence-corrected chi connectivity index (χ4v) is 1.21. The van der Waals surface area contributed by atoms with Crippen LogP contribution >= 0.6 is 0 Å². The van der Waals surface area contributed by atoms with Crippen molar-refractivity contribution in [3.63, 3.8) is 0 Å². The maximum Gasteiger partial charge on any atom is 0.330 e. The van der Waals surface area contributed by atoms with Gasteiger partial charge in [-0.1, -0.05) is 0 Å². The molecule has 86 valence electrons. The maximum absolute atomic E-state index is 13.0. The first-order chi connectivity index (χ1) is 7.54. The van der Waals surface area contributed by atoms with Crippen LogP contribution in [-0.2, 0) is 9.53 Å². The molecule has 0 radical (unpaired) electrons. The molecule has 0 fully saturated rings. The topological polar surface area (TPSA) is 46.5 Å². The summed E-state index contributed by atoms with van der Waals surface area (Å²) < 4.78 is 17.7. The van der Waals surface area contributed by atoms with Gasteiger partial charge in [-0.25, -0.2) is 9.18 Å². The van der Waals surface area contributed by atoms with Crippen LogP contribution in [0.15, 0.2) is 18.2 Å². The Balaban J connectivity index is 2.89. The van der Waals surface area contributed by atoms with Gasteiger partial charge in [0.2, 0.25) is 0 Å². The lowest BCUT2D eigenvalue weighted by Crippen LogP contribution is -1.98. The SMILES string of the molecule is CCOC(=O)C=Cc1cc(F)c(O)cc1C. The Hall–Kier alpha value is -1.84. The molecule has 0 saturated heterocycles. The van der Waals surface area contributed by atoms with E-state index in [1.54, 1.807) is 13.8 Å². The molecule has 3 nitrogen and oxygen atoms in total. The Bertz CT molecular complexity index is 425. The molecular formula is C12H13FO3. The lowest BCUT2D eigenvalue weighted by Gasteiger charge is -2.02. The predicted octanol–water partition coefficient (Wildman–Crippen LogP) is 2.42. The monoisotopic (exact) mass is 224 g/mol. The van der Waals surface area contributed by atoms with Crippen molar-refractivity contribution < 1.29 is 19.0 Å². The molecule has 1 aromatic carbocycles. The van der Waals surface area contributed by atoms with E-state index in [0.717, 1.165) is 0 Å². The van der Waals surface area contributed by atoms with Crippen molar-refractivity contribution in [1.29, 1.82) is 0 Å². The summed E-state index contributed by atoms with van der Waals surface area (Å²) in [5.41, 5.74) is 1.21. The number of carbonyl (C=O) groups excluding carboxylic acids is 1. The Morgan fingerprint density at radius 2 is 2.25 bits per heavy atom. The quantitative estimate of drug-likeness (QED) is 0.633. The van der Waals surface area contributed by atoms with E-state index < -0.39 is 17.5 Å². The third-order valence-corrected chi connectivity index (χ3v) is 2.02. The van der Waals surface area contributed by atoms with Gasteiger partial charge in [0.05, 0.1) is 6.61 Å². The van der Waals surface area contributed by atoms with Crippen molar-refractivity contribution in [3.05, 3.63) is 35.2 Å². The minimum Gasteiger partial charge on any atom is -0.505 e. The van der Waals surface area contributed by atoms with Crippen LogP contribution in [0.25, 0.3) is 6.08 Å². The minimum atomic E-state index is -0.714. The summed E-state index contributed by atoms with van der Waals surface area (Å²) in [7, 11) is 0. The summed E-state index contributed by atoms with van der Waals surface area (Å²) in [6.45, 7) is 3.72. The average molecular weight is 224 g/mol. The lowest BCUT2D eigenvalue weighted by atomic mass is 10.1. The van der Waals surface area contributed by atoms with Crippen LogP contribution in [0, 0.1) is 12.7 Å². The fraction of sp³-hybridized carbons (Fsp3) is 0.250. The summed E-state index contributed by atoms with van der Waals surface area (Å²) in [5, 5.41) is 9.10. The van der Waals surface area contributed by atoms with Crippen LogP contribution in [0.5, 0.6) is 5.75 Å². The second kappa shape index (κ2) is 5.30. The number of phenols is 1. The number of aromatic hydroxyl groups is 1. The summed E-state index contributed by atoms with van der Waals surface area (Å²) in [6.07, 6.45) is 2.68. The first-order valence-electron chi connectivity index (χ1n) is 4.88. The van der Waals surface area contributed by atoms with Crippen LogP contribution in [0.4, 0.5) is 4.39 Å². The molecule has 0 unspecified atom stereocenters. The highest BCUT2D eigenvalue weighted by Crippen LogP contribution is 2.21. The number of carbonyl (C=O) groups is 1. The summed E-state index contributed by atoms with van der Waals surface area (Å²) in [4.78, 5) is 11.0. The van der Waals surface area contributed by atoms with Crippen LogP contribution in [-0.4, -0.2) is 17.7 Å². The minimum absolute atomic E-state index is 0.298. The standard InChI is InChI=1S/C12H13FO3/c1-3-16-12(15)5-4-9-7-10(13)11(14)6-8(9)2/h4-7,14H,3H2,1-2H3. The molecule has 0 spiro atoms. The molecule has 4 heteroatoms. The second-order valence-corrected chi connectivity index (χ2v) is 3.25. The number of benzene rings is 1. The van der Waals surface area contributed by atoms with Gasteiger partial charge in [-0.05, 0) is 43.2 Å². The molecule has 0 aliphatic heterocycles. The Kier molecular flexibility index (Phi) is 4.05. The maximum atomic E-state index is 13.0. The number of esters is 1. The van der Waals surface area contributed by atoms with Crippen molar-refractivity contribution in [2.45, 2.75) is 13.8 Å². The van der Waals surface area contributed by atoms with Crippen molar-refractivity contribution >= 4 is 12.0 Å². The van der Waals surface area contributed by atoms with Gasteiger partial charge in [0.15, 0.2) is 11.6 Å². The van der Waals surface area contributed by atoms with Crippen molar-refractivity contribution in [2.75, 3.05) is 6.61 Å². The Morgan fingerprint density at radius 1 is 1.56 bits per heavy atom. The molecular weight excluding hydrogens is 211 g/mol. The van der Waals surface area contributed by atoms with E-state index in [2.05, 4.69) is 4.74 Å². The van der Waals surface area contributed by atoms with Gasteiger partial charge in [-0.15, -0.1) is 0 Å². The van der Waals surface area contributed by atoms with Crippen LogP contribution < -0.4 is 0 Å². The third kappa shape index (κ3) is 3.08. The Labute approximate surface area is 93.2 Å². The van der Waals surface area contributed by atoms with E-state index in [-0.39, 0.29) is 0 Å². The van der Waals surface area contributed by atoms with Gasteiger partial charge in [-0.3, -0.25) is 0 Å². The number of hydrogen-bond acceptors (Lipinski definition) is 3. The highest BCUT2D eigenvalue weighted by atomic mass is 19.1. The zero-order valence-electron chi connectivity index (χ0n) is 9.16. The highest BCUT2D eigenvalue weighted by molar-refractivity contribution is 5.87. The summed E-state index contributed by atoms with van der Waals surface area (Å²) in [6, 6.07) is 2.47. The molecule has 0 amide bonds. The van der Waals surface area contributed by atoms with Gasteiger partial charge in [0.25, 0.3) is 0 Å². The van der Waals surface area contributed by atoms with Crippen molar-refractivity contribution in [1.82, 2.24) is 0 Å². The third-order valence-electron chi connectivity index (χ3n) is 2.02. The molecule has 0 heterocycles. The van der Waals surface area contributed by atoms with E-state index >= 15 is 0 Å². The van der Waals surface area contributed by atoms with Gasteiger partial charge in [0.1, 0.15) is 0 Å². The largest absolute Gasteiger partial charge is 0.505 e. The molecule has 0 aliphatic rings. The van der Waals surface area contributed by atoms with E-state index in [1.807, 2.05) is 0 Å². The van der Waals surface area contributed by atoms with E-state index in [0.29, 0.717) is 17.7 Å². The average Bonchev–Trinajstić information content (AvgIpc) is 2.22. The molecule has 0 atom stereocenters. The molecule has 16 heavy (non-hydrogen) atoms. The lowest BCUT2D eigenvalue weighted by molar-refractivity contribution is -0.137. The van der Waals surface area contributed by atoms with E-state index in [1.165, 1.54) is 24.3 Å². The zero-order chi connectivity index (χ0) is 12.1. The summed E-state index contributed by atoms with van der Waals surface area (Å²) in [5.74, 6) is -1.59. The molecule has 0 aromatic heterocycles. The molecule has 1 N–H and O–H groups in total. The van der Waals surface area contributed by atoms with Gasteiger partial charge in [-0.2, -0.15) is 0 Å². The fourth-order valence-electron chi connectivity index (χ4n) is 1.21. The smallest absolute Gasteiger partial charge is 0.330 e. The van der Waals surface area contributed by atoms with Gasteiger partial charge in [0, 0.05) is 6.08 Å². The Morgan fingerprint density at radius 3 is 2.88 bits per heavy atom. The molecule has 0 bridgehead atoms. The number of halogens is 1. The van der Waals surface area contributed by atoms with E-state index in [4.69, 9.17) is 5.11 Å². The first kappa shape index (κ1) is 12.2. The number of ether oxygens (including phenoxy) is 1. The van der Waals surface area contributed by atoms with Gasteiger partial charge < -0.3 is 9.84 Å². The van der Waals surface area contributed by atoms with Crippen molar-refractivity contribution in [2.24, 2.45) is 0 Å². The first-order valence-corrected chi connectivity index (χ1v) is 4.88. The molecule has 1 aromatic rings. The van der Waals surface area contributed by atoms with Crippen LogP contribution in [0.2, 0.25) is 0 Å². The molecule has 0 aliphatic carbocycles. The van der Waals surface area contributed by atoms with Crippen LogP contribution in [0.1, 0.15) is 18.1 Å². The molecule has 1 rings (SSSR count). The van der Waals surface area contributed by atoms with Crippen molar-refractivity contribution in [3.8, 4) is 5.75 Å². The number of rotatable bonds is 3.